The second-order valence-electron chi connectivity index (χ2n) is 5.18. The third-order valence-electron chi connectivity index (χ3n) is 3.16. The molecule has 0 amide bonds. The van der Waals surface area contributed by atoms with Gasteiger partial charge >= 0.3 is 0 Å². The van der Waals surface area contributed by atoms with Gasteiger partial charge in [0.05, 0.1) is 6.61 Å². The van der Waals surface area contributed by atoms with Crippen LogP contribution in [-0.2, 0) is 11.3 Å². The molecule has 0 radical (unpaired) electrons. The Kier molecular flexibility index (Phi) is 8.47. The van der Waals surface area contributed by atoms with Crippen molar-refractivity contribution in [3.8, 4) is 0 Å². The molecule has 1 aromatic rings. The van der Waals surface area contributed by atoms with E-state index >= 15 is 0 Å². The molecule has 0 heterocycles. The van der Waals surface area contributed by atoms with Crippen LogP contribution in [0.25, 0.3) is 0 Å². The van der Waals surface area contributed by atoms with Crippen molar-refractivity contribution in [1.82, 2.24) is 10.2 Å². The van der Waals surface area contributed by atoms with E-state index in [-0.39, 0.29) is 0 Å². The summed E-state index contributed by atoms with van der Waals surface area (Å²) in [7, 11) is 3.93. The van der Waals surface area contributed by atoms with E-state index in [0.717, 1.165) is 32.8 Å². The van der Waals surface area contributed by atoms with Gasteiger partial charge in [0.15, 0.2) is 0 Å². The summed E-state index contributed by atoms with van der Waals surface area (Å²) in [5, 5.41) is 3.37. The lowest BCUT2D eigenvalue weighted by atomic mass is 10.1. The molecule has 3 heteroatoms. The minimum Gasteiger partial charge on any atom is -0.383 e. The highest BCUT2D eigenvalue weighted by atomic mass is 16.5. The summed E-state index contributed by atoms with van der Waals surface area (Å²) < 4.78 is 4.99. The van der Waals surface area contributed by atoms with Crippen molar-refractivity contribution in [1.29, 1.82) is 0 Å². The number of hydrogen-bond donors (Lipinski definition) is 1. The smallest absolute Gasteiger partial charge is 0.0587 e. The van der Waals surface area contributed by atoms with Crippen molar-refractivity contribution in [2.24, 2.45) is 0 Å². The fourth-order valence-electron chi connectivity index (χ4n) is 2.13. The molecule has 0 aliphatic heterocycles. The summed E-state index contributed by atoms with van der Waals surface area (Å²) in [4.78, 5) is 2.39. The molecule has 1 aromatic carbocycles. The molecule has 0 aliphatic rings. The first-order valence-corrected chi connectivity index (χ1v) is 7.16. The Morgan fingerprint density at radius 1 is 1.21 bits per heavy atom. The Morgan fingerprint density at radius 3 is 2.79 bits per heavy atom. The van der Waals surface area contributed by atoms with Gasteiger partial charge in [0, 0.05) is 20.2 Å². The standard InChI is InChI=1S/C16H28N2O/c1-15-7-6-8-16(13-15)14-18(2)11-5-4-9-17-10-12-19-3/h6-8,13,17H,4-5,9-12,14H2,1-3H3. The van der Waals surface area contributed by atoms with Gasteiger partial charge in [-0.2, -0.15) is 0 Å². The molecule has 1 rings (SSSR count). The molecule has 108 valence electrons. The normalized spacial score (nSPS) is 11.2. The number of hydrogen-bond acceptors (Lipinski definition) is 3. The van der Waals surface area contributed by atoms with Crippen LogP contribution in [0.2, 0.25) is 0 Å². The fraction of sp³-hybridized carbons (Fsp3) is 0.625. The van der Waals surface area contributed by atoms with Gasteiger partial charge in [-0.05, 0) is 45.5 Å². The van der Waals surface area contributed by atoms with Crippen LogP contribution in [0.5, 0.6) is 0 Å². The zero-order valence-corrected chi connectivity index (χ0v) is 12.6. The maximum absolute atomic E-state index is 4.99. The third kappa shape index (κ3) is 7.98. The molecule has 19 heavy (non-hydrogen) atoms. The number of aryl methyl sites for hydroxylation is 1. The van der Waals surface area contributed by atoms with Crippen molar-refractivity contribution in [3.63, 3.8) is 0 Å². The first kappa shape index (κ1) is 16.2. The lowest BCUT2D eigenvalue weighted by Gasteiger charge is -2.17. The molecular weight excluding hydrogens is 236 g/mol. The van der Waals surface area contributed by atoms with Crippen LogP contribution in [-0.4, -0.2) is 45.3 Å². The highest BCUT2D eigenvalue weighted by molar-refractivity contribution is 5.21. The third-order valence-corrected chi connectivity index (χ3v) is 3.16. The number of nitrogens with zero attached hydrogens (tertiary/aromatic N) is 1. The van der Waals surface area contributed by atoms with Crippen molar-refractivity contribution >= 4 is 0 Å². The number of unbranched alkanes of at least 4 members (excludes halogenated alkanes) is 1. The van der Waals surface area contributed by atoms with Crippen LogP contribution < -0.4 is 5.32 Å². The Labute approximate surface area is 118 Å². The summed E-state index contributed by atoms with van der Waals surface area (Å²) in [6.07, 6.45) is 2.46. The van der Waals surface area contributed by atoms with Crippen LogP contribution in [0.3, 0.4) is 0 Å². The van der Waals surface area contributed by atoms with Crippen LogP contribution in [0.15, 0.2) is 24.3 Å². The summed E-state index contributed by atoms with van der Waals surface area (Å²) in [6.45, 7) is 7.18. The molecule has 0 atom stereocenters. The number of ether oxygens (including phenoxy) is 1. The summed E-state index contributed by atoms with van der Waals surface area (Å²) in [5.74, 6) is 0. The predicted octanol–water partition coefficient (Wildman–Crippen LogP) is 2.44. The van der Waals surface area contributed by atoms with Gasteiger partial charge in [0.25, 0.3) is 0 Å². The van der Waals surface area contributed by atoms with Crippen molar-refractivity contribution in [2.75, 3.05) is 40.4 Å². The summed E-state index contributed by atoms with van der Waals surface area (Å²) >= 11 is 0. The minimum atomic E-state index is 0.799. The number of methoxy groups -OCH3 is 1. The van der Waals surface area contributed by atoms with Crippen LogP contribution in [0.1, 0.15) is 24.0 Å². The fourth-order valence-corrected chi connectivity index (χ4v) is 2.13. The zero-order valence-electron chi connectivity index (χ0n) is 12.6. The molecule has 0 fully saturated rings. The predicted molar refractivity (Wildman–Crippen MR) is 81.5 cm³/mol. The Morgan fingerprint density at radius 2 is 2.05 bits per heavy atom. The second-order valence-corrected chi connectivity index (χ2v) is 5.18. The van der Waals surface area contributed by atoms with Crippen molar-refractivity contribution < 1.29 is 4.74 Å². The Bertz CT molecular complexity index is 341. The van der Waals surface area contributed by atoms with Gasteiger partial charge in [-0.15, -0.1) is 0 Å². The molecule has 0 saturated carbocycles. The Hall–Kier alpha value is -0.900. The van der Waals surface area contributed by atoms with Gasteiger partial charge in [-0.3, -0.25) is 0 Å². The highest BCUT2D eigenvalue weighted by Gasteiger charge is 2.00. The van der Waals surface area contributed by atoms with E-state index in [1.165, 1.54) is 24.0 Å². The first-order chi connectivity index (χ1) is 9.22. The molecule has 0 spiro atoms. The van der Waals surface area contributed by atoms with Crippen molar-refractivity contribution in [3.05, 3.63) is 35.4 Å². The van der Waals surface area contributed by atoms with Crippen molar-refractivity contribution in [2.45, 2.75) is 26.3 Å². The van der Waals surface area contributed by atoms with Gasteiger partial charge in [-0.1, -0.05) is 29.8 Å². The molecule has 0 unspecified atom stereocenters. The van der Waals surface area contributed by atoms with Crippen LogP contribution in [0.4, 0.5) is 0 Å². The first-order valence-electron chi connectivity index (χ1n) is 7.16. The van der Waals surface area contributed by atoms with Crippen LogP contribution >= 0.6 is 0 Å². The van der Waals surface area contributed by atoms with E-state index in [4.69, 9.17) is 4.74 Å². The molecule has 1 N–H and O–H groups in total. The molecule has 0 aromatic heterocycles. The van der Waals surface area contributed by atoms with E-state index in [9.17, 15) is 0 Å². The molecular formula is C16H28N2O. The number of benzene rings is 1. The minimum absolute atomic E-state index is 0.799. The maximum Gasteiger partial charge on any atom is 0.0587 e. The monoisotopic (exact) mass is 264 g/mol. The SMILES string of the molecule is COCCNCCCCN(C)Cc1cccc(C)c1. The Balaban J connectivity index is 2.06. The van der Waals surface area contributed by atoms with E-state index in [1.807, 2.05) is 0 Å². The van der Waals surface area contributed by atoms with Gasteiger partial charge < -0.3 is 15.0 Å². The quantitative estimate of drug-likeness (QED) is 0.657. The molecule has 0 aliphatic carbocycles. The second kappa shape index (κ2) is 9.96. The van der Waals surface area contributed by atoms with E-state index < -0.39 is 0 Å². The molecule has 3 nitrogen and oxygen atoms in total. The van der Waals surface area contributed by atoms with Gasteiger partial charge in [0.2, 0.25) is 0 Å². The van der Waals surface area contributed by atoms with Gasteiger partial charge in [0.1, 0.15) is 0 Å². The molecule has 0 saturated heterocycles. The van der Waals surface area contributed by atoms with E-state index in [2.05, 4.69) is 48.5 Å². The maximum atomic E-state index is 4.99. The average Bonchev–Trinajstić information content (AvgIpc) is 2.37. The number of nitrogens with one attached hydrogen (secondary N) is 1. The van der Waals surface area contributed by atoms with E-state index in [0.29, 0.717) is 0 Å². The van der Waals surface area contributed by atoms with E-state index in [1.54, 1.807) is 7.11 Å². The topological polar surface area (TPSA) is 24.5 Å². The number of rotatable bonds is 10. The lowest BCUT2D eigenvalue weighted by Crippen LogP contribution is -2.23. The molecule has 0 bridgehead atoms. The van der Waals surface area contributed by atoms with Crippen LogP contribution in [0, 0.1) is 6.92 Å². The highest BCUT2D eigenvalue weighted by Crippen LogP contribution is 2.07. The van der Waals surface area contributed by atoms with Gasteiger partial charge in [-0.25, -0.2) is 0 Å². The zero-order chi connectivity index (χ0) is 13.9. The largest absolute Gasteiger partial charge is 0.383 e. The lowest BCUT2D eigenvalue weighted by molar-refractivity contribution is 0.199. The summed E-state index contributed by atoms with van der Waals surface area (Å²) in [6, 6.07) is 8.76. The summed E-state index contributed by atoms with van der Waals surface area (Å²) in [5.41, 5.74) is 2.74. The average molecular weight is 264 g/mol.